The topological polar surface area (TPSA) is 20.3 Å². The van der Waals surface area contributed by atoms with Crippen LogP contribution in [0.1, 0.15) is 47.5 Å². The van der Waals surface area contributed by atoms with Gasteiger partial charge in [-0.3, -0.25) is 4.79 Å². The first-order chi connectivity index (χ1) is 6.43. The molecule has 0 heterocycles. The number of rotatable bonds is 6. The average Bonchev–Trinajstić information content (AvgIpc) is 2.00. The van der Waals surface area contributed by atoms with Crippen molar-refractivity contribution in [1.29, 1.82) is 0 Å². The molecule has 0 aliphatic carbocycles. The van der Waals surface area contributed by atoms with Crippen molar-refractivity contribution in [2.75, 3.05) is 13.1 Å². The third-order valence-corrected chi connectivity index (χ3v) is 2.24. The van der Waals surface area contributed by atoms with E-state index in [0.717, 1.165) is 25.4 Å². The van der Waals surface area contributed by atoms with Crippen molar-refractivity contribution in [3.05, 3.63) is 0 Å². The minimum absolute atomic E-state index is 0.211. The highest BCUT2D eigenvalue weighted by Crippen LogP contribution is 2.06. The van der Waals surface area contributed by atoms with E-state index in [1.54, 1.807) is 6.92 Å². The fourth-order valence-electron chi connectivity index (χ4n) is 1.51. The summed E-state index contributed by atoms with van der Waals surface area (Å²) in [6.45, 7) is 12.2. The molecular formula is C12H25NO. The number of nitrogens with zero attached hydrogens (tertiary/aromatic N) is 1. The van der Waals surface area contributed by atoms with Crippen LogP contribution in [0.25, 0.3) is 0 Å². The Balaban J connectivity index is 3.80. The zero-order valence-corrected chi connectivity index (χ0v) is 10.3. The number of carbonyl (C=O) groups is 1. The number of hydrogen-bond donors (Lipinski definition) is 0. The van der Waals surface area contributed by atoms with Gasteiger partial charge in [0.05, 0.1) is 0 Å². The Kier molecular flexibility index (Phi) is 6.60. The molecular weight excluding hydrogens is 174 g/mol. The minimum Gasteiger partial charge on any atom is -0.343 e. The van der Waals surface area contributed by atoms with Crippen molar-refractivity contribution in [1.82, 2.24) is 4.90 Å². The third-order valence-electron chi connectivity index (χ3n) is 2.24. The van der Waals surface area contributed by atoms with E-state index >= 15 is 0 Å². The zero-order valence-electron chi connectivity index (χ0n) is 10.3. The van der Waals surface area contributed by atoms with Crippen molar-refractivity contribution >= 4 is 5.91 Å². The monoisotopic (exact) mass is 199 g/mol. The van der Waals surface area contributed by atoms with Crippen LogP contribution in [0.15, 0.2) is 0 Å². The first-order valence-corrected chi connectivity index (χ1v) is 5.69. The maximum absolute atomic E-state index is 11.3. The van der Waals surface area contributed by atoms with Crippen LogP contribution in [0.4, 0.5) is 0 Å². The van der Waals surface area contributed by atoms with Crippen molar-refractivity contribution in [3.63, 3.8) is 0 Å². The van der Waals surface area contributed by atoms with Gasteiger partial charge in [-0.05, 0) is 24.7 Å². The van der Waals surface area contributed by atoms with E-state index < -0.39 is 0 Å². The fourth-order valence-corrected chi connectivity index (χ4v) is 1.51. The normalized spacial score (nSPS) is 11.1. The summed E-state index contributed by atoms with van der Waals surface area (Å²) in [5.74, 6) is 1.52. The highest BCUT2D eigenvalue weighted by Gasteiger charge is 2.09. The lowest BCUT2D eigenvalue weighted by Crippen LogP contribution is -2.33. The highest BCUT2D eigenvalue weighted by atomic mass is 16.2. The minimum atomic E-state index is 0.211. The lowest BCUT2D eigenvalue weighted by Gasteiger charge is -2.23. The van der Waals surface area contributed by atoms with Gasteiger partial charge in [0.25, 0.3) is 0 Å². The summed E-state index contributed by atoms with van der Waals surface area (Å²) in [4.78, 5) is 13.2. The van der Waals surface area contributed by atoms with E-state index in [-0.39, 0.29) is 5.91 Å². The number of carbonyl (C=O) groups excluding carboxylic acids is 1. The van der Waals surface area contributed by atoms with Gasteiger partial charge in [0.2, 0.25) is 5.91 Å². The van der Waals surface area contributed by atoms with Gasteiger partial charge in [0.1, 0.15) is 0 Å². The second kappa shape index (κ2) is 6.86. The van der Waals surface area contributed by atoms with Gasteiger partial charge in [-0.25, -0.2) is 0 Å². The first kappa shape index (κ1) is 13.5. The molecule has 0 saturated carbocycles. The molecule has 0 fully saturated rings. The molecule has 0 aromatic heterocycles. The van der Waals surface area contributed by atoms with Crippen molar-refractivity contribution in [2.24, 2.45) is 11.8 Å². The summed E-state index contributed by atoms with van der Waals surface area (Å²) >= 11 is 0. The standard InChI is InChI=1S/C12H25NO/c1-10(2)7-6-8-13(12(5)14)9-11(3)4/h10-11H,6-9H2,1-5H3. The van der Waals surface area contributed by atoms with Crippen LogP contribution in [-0.2, 0) is 4.79 Å². The van der Waals surface area contributed by atoms with Crippen LogP contribution in [0.2, 0.25) is 0 Å². The molecule has 0 unspecified atom stereocenters. The summed E-state index contributed by atoms with van der Waals surface area (Å²) in [5, 5.41) is 0. The second-order valence-corrected chi connectivity index (χ2v) is 4.89. The van der Waals surface area contributed by atoms with Crippen molar-refractivity contribution in [2.45, 2.75) is 47.5 Å². The van der Waals surface area contributed by atoms with E-state index in [1.165, 1.54) is 6.42 Å². The lowest BCUT2D eigenvalue weighted by atomic mass is 10.1. The predicted octanol–water partition coefficient (Wildman–Crippen LogP) is 2.93. The van der Waals surface area contributed by atoms with Gasteiger partial charge in [0.15, 0.2) is 0 Å². The quantitative estimate of drug-likeness (QED) is 0.644. The highest BCUT2D eigenvalue weighted by molar-refractivity contribution is 5.73. The van der Waals surface area contributed by atoms with Crippen LogP contribution in [0.3, 0.4) is 0 Å². The van der Waals surface area contributed by atoms with Gasteiger partial charge in [-0.1, -0.05) is 27.7 Å². The molecule has 2 nitrogen and oxygen atoms in total. The molecule has 0 aromatic carbocycles. The van der Waals surface area contributed by atoms with Crippen LogP contribution < -0.4 is 0 Å². The Morgan fingerprint density at radius 1 is 1.14 bits per heavy atom. The maximum Gasteiger partial charge on any atom is 0.219 e. The van der Waals surface area contributed by atoms with Gasteiger partial charge >= 0.3 is 0 Å². The second-order valence-electron chi connectivity index (χ2n) is 4.89. The SMILES string of the molecule is CC(=O)N(CCCC(C)C)CC(C)C. The van der Waals surface area contributed by atoms with Crippen LogP contribution in [0.5, 0.6) is 0 Å². The molecule has 14 heavy (non-hydrogen) atoms. The molecule has 0 aliphatic heterocycles. The van der Waals surface area contributed by atoms with Crippen LogP contribution in [-0.4, -0.2) is 23.9 Å². The average molecular weight is 199 g/mol. The molecule has 0 saturated heterocycles. The van der Waals surface area contributed by atoms with E-state index in [0.29, 0.717) is 5.92 Å². The first-order valence-electron chi connectivity index (χ1n) is 5.69. The van der Waals surface area contributed by atoms with Crippen molar-refractivity contribution in [3.8, 4) is 0 Å². The van der Waals surface area contributed by atoms with E-state index in [2.05, 4.69) is 27.7 Å². The Labute approximate surface area is 88.7 Å². The number of amides is 1. The summed E-state index contributed by atoms with van der Waals surface area (Å²) in [5.41, 5.74) is 0. The molecule has 0 radical (unpaired) electrons. The molecule has 0 aliphatic rings. The predicted molar refractivity (Wildman–Crippen MR) is 61.2 cm³/mol. The fraction of sp³-hybridized carbons (Fsp3) is 0.917. The summed E-state index contributed by atoms with van der Waals surface area (Å²) in [7, 11) is 0. The summed E-state index contributed by atoms with van der Waals surface area (Å²) in [6, 6.07) is 0. The van der Waals surface area contributed by atoms with Gasteiger partial charge in [-0.15, -0.1) is 0 Å². The maximum atomic E-state index is 11.3. The largest absolute Gasteiger partial charge is 0.343 e. The zero-order chi connectivity index (χ0) is 11.1. The molecule has 0 rings (SSSR count). The Bertz CT molecular complexity index is 164. The Morgan fingerprint density at radius 2 is 1.71 bits per heavy atom. The smallest absolute Gasteiger partial charge is 0.219 e. The third kappa shape index (κ3) is 6.93. The van der Waals surface area contributed by atoms with Gasteiger partial charge in [-0.2, -0.15) is 0 Å². The number of hydrogen-bond acceptors (Lipinski definition) is 1. The van der Waals surface area contributed by atoms with E-state index in [9.17, 15) is 4.79 Å². The molecule has 0 N–H and O–H groups in total. The van der Waals surface area contributed by atoms with Crippen LogP contribution >= 0.6 is 0 Å². The molecule has 0 bridgehead atoms. The summed E-state index contributed by atoms with van der Waals surface area (Å²) in [6.07, 6.45) is 2.34. The van der Waals surface area contributed by atoms with Gasteiger partial charge < -0.3 is 4.90 Å². The Morgan fingerprint density at radius 3 is 2.07 bits per heavy atom. The van der Waals surface area contributed by atoms with Crippen molar-refractivity contribution < 1.29 is 4.79 Å². The molecule has 0 aromatic rings. The molecule has 2 heteroatoms. The summed E-state index contributed by atoms with van der Waals surface area (Å²) < 4.78 is 0. The molecule has 1 amide bonds. The van der Waals surface area contributed by atoms with Crippen LogP contribution in [0, 0.1) is 11.8 Å². The van der Waals surface area contributed by atoms with E-state index in [4.69, 9.17) is 0 Å². The lowest BCUT2D eigenvalue weighted by molar-refractivity contribution is -0.129. The van der Waals surface area contributed by atoms with Gasteiger partial charge in [0, 0.05) is 20.0 Å². The van der Waals surface area contributed by atoms with E-state index in [1.807, 2.05) is 4.90 Å². The molecule has 0 spiro atoms. The Hall–Kier alpha value is -0.530. The molecule has 84 valence electrons. The molecule has 0 atom stereocenters.